The van der Waals surface area contributed by atoms with Gasteiger partial charge in [0.15, 0.2) is 0 Å². The quantitative estimate of drug-likeness (QED) is 0.913. The molecular formula is C15H14BrFN2. The highest BCUT2D eigenvalue weighted by atomic mass is 79.9. The molecule has 98 valence electrons. The Hall–Kier alpha value is -1.39. The summed E-state index contributed by atoms with van der Waals surface area (Å²) in [6.07, 6.45) is 0.945. The fraction of sp³-hybridized carbons (Fsp3) is 0.200. The van der Waals surface area contributed by atoms with Crippen molar-refractivity contribution in [2.45, 2.75) is 13.0 Å². The van der Waals surface area contributed by atoms with E-state index in [1.54, 1.807) is 6.07 Å². The summed E-state index contributed by atoms with van der Waals surface area (Å²) < 4.78 is 14.4. The smallest absolute Gasteiger partial charge is 0.125 e. The third kappa shape index (κ3) is 2.38. The average molecular weight is 321 g/mol. The lowest BCUT2D eigenvalue weighted by molar-refractivity contribution is 0.628. The van der Waals surface area contributed by atoms with Gasteiger partial charge in [0.05, 0.1) is 0 Å². The molecule has 1 heterocycles. The molecule has 1 aliphatic heterocycles. The van der Waals surface area contributed by atoms with Crippen LogP contribution in [0.4, 0.5) is 15.8 Å². The Morgan fingerprint density at radius 3 is 2.84 bits per heavy atom. The minimum Gasteiger partial charge on any atom is -0.341 e. The SMILES string of the molecule is NCc1cc(Br)cc(N2CCc3ccc(F)cc32)c1. The van der Waals surface area contributed by atoms with Gasteiger partial charge in [-0.2, -0.15) is 0 Å². The monoisotopic (exact) mass is 320 g/mol. The van der Waals surface area contributed by atoms with Gasteiger partial charge in [0.25, 0.3) is 0 Å². The van der Waals surface area contributed by atoms with Crippen molar-refractivity contribution in [3.63, 3.8) is 0 Å². The van der Waals surface area contributed by atoms with E-state index >= 15 is 0 Å². The molecule has 1 aliphatic rings. The number of nitrogens with two attached hydrogens (primary N) is 1. The summed E-state index contributed by atoms with van der Waals surface area (Å²) >= 11 is 3.50. The number of hydrogen-bond acceptors (Lipinski definition) is 2. The van der Waals surface area contributed by atoms with Gasteiger partial charge in [-0.3, -0.25) is 0 Å². The molecule has 0 amide bonds. The highest BCUT2D eigenvalue weighted by molar-refractivity contribution is 9.10. The van der Waals surface area contributed by atoms with Gasteiger partial charge in [0.2, 0.25) is 0 Å². The van der Waals surface area contributed by atoms with Crippen molar-refractivity contribution >= 4 is 27.3 Å². The zero-order valence-corrected chi connectivity index (χ0v) is 12.0. The lowest BCUT2D eigenvalue weighted by Gasteiger charge is -2.20. The number of nitrogens with zero attached hydrogens (tertiary/aromatic N) is 1. The molecule has 3 rings (SSSR count). The molecule has 2 N–H and O–H groups in total. The molecule has 0 spiro atoms. The van der Waals surface area contributed by atoms with Gasteiger partial charge < -0.3 is 10.6 Å². The number of rotatable bonds is 2. The summed E-state index contributed by atoms with van der Waals surface area (Å²) in [4.78, 5) is 2.14. The highest BCUT2D eigenvalue weighted by Crippen LogP contribution is 2.36. The highest BCUT2D eigenvalue weighted by Gasteiger charge is 2.21. The standard InChI is InChI=1S/C15H14BrFN2/c16-12-5-10(9-18)6-14(7-12)19-4-3-11-1-2-13(17)8-15(11)19/h1-2,5-8H,3-4,9,18H2. The summed E-state index contributed by atoms with van der Waals surface area (Å²) in [6.45, 7) is 1.37. The van der Waals surface area contributed by atoms with Gasteiger partial charge in [0.1, 0.15) is 5.82 Å². The van der Waals surface area contributed by atoms with E-state index in [2.05, 4.69) is 26.9 Å². The Labute approximate surface area is 120 Å². The molecule has 0 atom stereocenters. The van der Waals surface area contributed by atoms with E-state index in [0.29, 0.717) is 6.54 Å². The lowest BCUT2D eigenvalue weighted by Crippen LogP contribution is -2.14. The predicted octanol–water partition coefficient (Wildman–Crippen LogP) is 3.74. The molecule has 0 unspecified atom stereocenters. The van der Waals surface area contributed by atoms with Crippen LogP contribution in [0, 0.1) is 5.82 Å². The van der Waals surface area contributed by atoms with E-state index in [1.165, 1.54) is 11.6 Å². The van der Waals surface area contributed by atoms with Gasteiger partial charge >= 0.3 is 0 Å². The van der Waals surface area contributed by atoms with E-state index < -0.39 is 0 Å². The molecule has 2 aromatic carbocycles. The third-order valence-corrected chi connectivity index (χ3v) is 3.89. The first-order valence-corrected chi connectivity index (χ1v) is 7.02. The van der Waals surface area contributed by atoms with Gasteiger partial charge in [-0.25, -0.2) is 4.39 Å². The van der Waals surface area contributed by atoms with Crippen LogP contribution < -0.4 is 10.6 Å². The number of anilines is 2. The van der Waals surface area contributed by atoms with Gasteiger partial charge in [-0.1, -0.05) is 22.0 Å². The van der Waals surface area contributed by atoms with E-state index in [1.807, 2.05) is 18.2 Å². The summed E-state index contributed by atoms with van der Waals surface area (Å²) in [6, 6.07) is 11.1. The first-order valence-electron chi connectivity index (χ1n) is 6.23. The minimum absolute atomic E-state index is 0.195. The van der Waals surface area contributed by atoms with Crippen LogP contribution in [0.3, 0.4) is 0 Å². The van der Waals surface area contributed by atoms with Crippen LogP contribution in [0.15, 0.2) is 40.9 Å². The maximum Gasteiger partial charge on any atom is 0.125 e. The van der Waals surface area contributed by atoms with Crippen LogP contribution in [0.1, 0.15) is 11.1 Å². The third-order valence-electron chi connectivity index (χ3n) is 3.43. The Bertz CT molecular complexity index is 628. The molecule has 0 aliphatic carbocycles. The molecule has 0 fully saturated rings. The maximum absolute atomic E-state index is 13.4. The normalized spacial score (nSPS) is 13.7. The van der Waals surface area contributed by atoms with Crippen LogP contribution in [0.2, 0.25) is 0 Å². The Kier molecular flexibility index (Phi) is 3.29. The largest absolute Gasteiger partial charge is 0.341 e. The topological polar surface area (TPSA) is 29.3 Å². The van der Waals surface area contributed by atoms with Crippen molar-refractivity contribution in [2.75, 3.05) is 11.4 Å². The predicted molar refractivity (Wildman–Crippen MR) is 79.1 cm³/mol. The van der Waals surface area contributed by atoms with E-state index in [4.69, 9.17) is 5.73 Å². The molecule has 2 aromatic rings. The summed E-state index contributed by atoms with van der Waals surface area (Å²) in [7, 11) is 0. The second-order valence-corrected chi connectivity index (χ2v) is 5.61. The fourth-order valence-corrected chi connectivity index (χ4v) is 3.06. The van der Waals surface area contributed by atoms with Gasteiger partial charge in [0, 0.05) is 28.9 Å². The van der Waals surface area contributed by atoms with Crippen molar-refractivity contribution in [3.05, 3.63) is 57.8 Å². The van der Waals surface area contributed by atoms with Crippen LogP contribution >= 0.6 is 15.9 Å². The van der Waals surface area contributed by atoms with E-state index in [-0.39, 0.29) is 5.82 Å². The number of hydrogen-bond donors (Lipinski definition) is 1. The number of fused-ring (bicyclic) bond motifs is 1. The second-order valence-electron chi connectivity index (χ2n) is 4.70. The zero-order valence-electron chi connectivity index (χ0n) is 10.4. The van der Waals surface area contributed by atoms with Crippen molar-refractivity contribution in [1.82, 2.24) is 0 Å². The van der Waals surface area contributed by atoms with Gasteiger partial charge in [-0.05, 0) is 47.9 Å². The Morgan fingerprint density at radius 2 is 2.05 bits per heavy atom. The van der Waals surface area contributed by atoms with Crippen LogP contribution in [0.5, 0.6) is 0 Å². The molecule has 19 heavy (non-hydrogen) atoms. The fourth-order valence-electron chi connectivity index (χ4n) is 2.53. The zero-order chi connectivity index (χ0) is 13.4. The molecule has 0 saturated carbocycles. The number of benzene rings is 2. The van der Waals surface area contributed by atoms with Crippen LogP contribution in [-0.4, -0.2) is 6.54 Å². The van der Waals surface area contributed by atoms with Crippen LogP contribution in [-0.2, 0) is 13.0 Å². The van der Waals surface area contributed by atoms with Crippen LogP contribution in [0.25, 0.3) is 0 Å². The van der Waals surface area contributed by atoms with Crippen molar-refractivity contribution in [1.29, 1.82) is 0 Å². The summed E-state index contributed by atoms with van der Waals surface area (Å²) in [5.41, 5.74) is 9.97. The Balaban J connectivity index is 2.06. The Morgan fingerprint density at radius 1 is 1.21 bits per heavy atom. The maximum atomic E-state index is 13.4. The minimum atomic E-state index is -0.195. The first kappa shape index (κ1) is 12.6. The second kappa shape index (κ2) is 4.94. The molecule has 0 bridgehead atoms. The molecular weight excluding hydrogens is 307 g/mol. The molecule has 4 heteroatoms. The van der Waals surface area contributed by atoms with E-state index in [9.17, 15) is 4.39 Å². The summed E-state index contributed by atoms with van der Waals surface area (Å²) in [5.74, 6) is -0.195. The average Bonchev–Trinajstić information content (AvgIpc) is 2.80. The van der Waals surface area contributed by atoms with Crippen molar-refractivity contribution < 1.29 is 4.39 Å². The molecule has 0 radical (unpaired) electrons. The van der Waals surface area contributed by atoms with Crippen molar-refractivity contribution in [3.8, 4) is 0 Å². The number of halogens is 2. The van der Waals surface area contributed by atoms with Crippen molar-refractivity contribution in [2.24, 2.45) is 5.73 Å². The molecule has 0 aromatic heterocycles. The summed E-state index contributed by atoms with van der Waals surface area (Å²) in [5, 5.41) is 0. The molecule has 2 nitrogen and oxygen atoms in total. The van der Waals surface area contributed by atoms with E-state index in [0.717, 1.165) is 34.4 Å². The first-order chi connectivity index (χ1) is 9.17. The van der Waals surface area contributed by atoms with Gasteiger partial charge in [-0.15, -0.1) is 0 Å². The molecule has 0 saturated heterocycles. The lowest BCUT2D eigenvalue weighted by atomic mass is 10.1.